The Labute approximate surface area is 93.2 Å². The van der Waals surface area contributed by atoms with E-state index in [2.05, 4.69) is 0 Å². The van der Waals surface area contributed by atoms with E-state index in [4.69, 9.17) is 11.1 Å². The molecule has 88 valence electrons. The number of amidine groups is 1. The first kappa shape index (κ1) is 12.6. The Morgan fingerprint density at radius 2 is 2.06 bits per heavy atom. The number of rotatable bonds is 4. The van der Waals surface area contributed by atoms with E-state index in [-0.39, 0.29) is 12.4 Å². The summed E-state index contributed by atoms with van der Waals surface area (Å²) in [5.41, 5.74) is 5.09. The molecule has 0 aromatic heterocycles. The van der Waals surface area contributed by atoms with Crippen LogP contribution >= 0.6 is 0 Å². The normalized spacial score (nSPS) is 11.7. The molecule has 5 nitrogen and oxygen atoms in total. The van der Waals surface area contributed by atoms with Gasteiger partial charge in [0.1, 0.15) is 16.5 Å². The SMILES string of the molecule is CN(CC(=N)N)S(=O)(=O)c1ccccc1F. The van der Waals surface area contributed by atoms with Gasteiger partial charge in [-0.15, -0.1) is 0 Å². The summed E-state index contributed by atoms with van der Waals surface area (Å²) in [6, 6.07) is 5.06. The van der Waals surface area contributed by atoms with Crippen LogP contribution < -0.4 is 5.73 Å². The van der Waals surface area contributed by atoms with Crippen LogP contribution in [0.25, 0.3) is 0 Å². The molecule has 7 heteroatoms. The van der Waals surface area contributed by atoms with E-state index in [0.717, 1.165) is 10.4 Å². The van der Waals surface area contributed by atoms with Crippen molar-refractivity contribution in [2.75, 3.05) is 13.6 Å². The minimum absolute atomic E-state index is 0.267. The number of nitrogens with zero attached hydrogens (tertiary/aromatic N) is 1. The van der Waals surface area contributed by atoms with Gasteiger partial charge in [0.2, 0.25) is 10.0 Å². The maximum absolute atomic E-state index is 13.3. The van der Waals surface area contributed by atoms with Gasteiger partial charge in [0.25, 0.3) is 0 Å². The molecule has 0 atom stereocenters. The van der Waals surface area contributed by atoms with Crippen LogP contribution in [0.4, 0.5) is 4.39 Å². The summed E-state index contributed by atoms with van der Waals surface area (Å²) in [6.07, 6.45) is 0. The van der Waals surface area contributed by atoms with E-state index >= 15 is 0 Å². The summed E-state index contributed by atoms with van der Waals surface area (Å²) in [6.45, 7) is -0.267. The van der Waals surface area contributed by atoms with Gasteiger partial charge < -0.3 is 5.73 Å². The first-order valence-corrected chi connectivity index (χ1v) is 5.83. The minimum Gasteiger partial charge on any atom is -0.387 e. The van der Waals surface area contributed by atoms with Crippen molar-refractivity contribution in [3.63, 3.8) is 0 Å². The maximum Gasteiger partial charge on any atom is 0.246 e. The minimum atomic E-state index is -3.93. The molecular weight excluding hydrogens is 233 g/mol. The third kappa shape index (κ3) is 2.56. The topological polar surface area (TPSA) is 87.2 Å². The zero-order chi connectivity index (χ0) is 12.3. The Bertz CT molecular complexity index is 501. The van der Waals surface area contributed by atoms with Gasteiger partial charge >= 0.3 is 0 Å². The van der Waals surface area contributed by atoms with Crippen molar-refractivity contribution in [1.29, 1.82) is 5.41 Å². The van der Waals surface area contributed by atoms with Gasteiger partial charge in [-0.05, 0) is 12.1 Å². The molecule has 0 spiro atoms. The monoisotopic (exact) mass is 245 g/mol. The van der Waals surface area contributed by atoms with Crippen LogP contribution in [0, 0.1) is 11.2 Å². The lowest BCUT2D eigenvalue weighted by Gasteiger charge is -2.16. The maximum atomic E-state index is 13.3. The molecule has 0 saturated carbocycles. The van der Waals surface area contributed by atoms with Gasteiger partial charge in [0.15, 0.2) is 0 Å². The van der Waals surface area contributed by atoms with E-state index in [9.17, 15) is 12.8 Å². The molecule has 0 bridgehead atoms. The fraction of sp³-hybridized carbons (Fsp3) is 0.222. The van der Waals surface area contributed by atoms with E-state index in [0.29, 0.717) is 0 Å². The smallest absolute Gasteiger partial charge is 0.246 e. The number of nitrogens with one attached hydrogen (secondary N) is 1. The van der Waals surface area contributed by atoms with Crippen LogP contribution in [0.5, 0.6) is 0 Å². The second kappa shape index (κ2) is 4.58. The van der Waals surface area contributed by atoms with Crippen molar-refractivity contribution in [2.24, 2.45) is 5.73 Å². The third-order valence-corrected chi connectivity index (χ3v) is 3.75. The average Bonchev–Trinajstić information content (AvgIpc) is 2.16. The quantitative estimate of drug-likeness (QED) is 0.594. The largest absolute Gasteiger partial charge is 0.387 e. The van der Waals surface area contributed by atoms with Crippen molar-refractivity contribution in [1.82, 2.24) is 4.31 Å². The Balaban J connectivity index is 3.12. The van der Waals surface area contributed by atoms with Crippen LogP contribution in [0.2, 0.25) is 0 Å². The molecule has 0 fully saturated rings. The first-order chi connectivity index (χ1) is 7.35. The van der Waals surface area contributed by atoms with Crippen LogP contribution in [0.3, 0.4) is 0 Å². The predicted octanol–water partition coefficient (Wildman–Crippen LogP) is 0.382. The Morgan fingerprint density at radius 1 is 1.50 bits per heavy atom. The lowest BCUT2D eigenvalue weighted by Crippen LogP contribution is -2.35. The molecule has 0 saturated heterocycles. The number of hydrogen-bond donors (Lipinski definition) is 2. The Kier molecular flexibility index (Phi) is 3.61. The van der Waals surface area contributed by atoms with E-state index in [1.807, 2.05) is 0 Å². The molecule has 0 aliphatic carbocycles. The molecule has 0 unspecified atom stereocenters. The van der Waals surface area contributed by atoms with Crippen LogP contribution in [-0.4, -0.2) is 32.2 Å². The first-order valence-electron chi connectivity index (χ1n) is 4.39. The fourth-order valence-electron chi connectivity index (χ4n) is 1.15. The summed E-state index contributed by atoms with van der Waals surface area (Å²) in [4.78, 5) is -0.418. The molecule has 0 heterocycles. The highest BCUT2D eigenvalue weighted by atomic mass is 32.2. The van der Waals surface area contributed by atoms with Gasteiger partial charge in [0.05, 0.1) is 6.54 Å². The second-order valence-electron chi connectivity index (χ2n) is 3.22. The summed E-state index contributed by atoms with van der Waals surface area (Å²) in [7, 11) is -2.69. The number of sulfonamides is 1. The molecule has 16 heavy (non-hydrogen) atoms. The summed E-state index contributed by atoms with van der Waals surface area (Å²) in [5, 5.41) is 7.00. The number of benzene rings is 1. The average molecular weight is 245 g/mol. The van der Waals surface area contributed by atoms with Crippen LogP contribution in [-0.2, 0) is 10.0 Å². The molecule has 0 aliphatic heterocycles. The number of likely N-dealkylation sites (N-methyl/N-ethyl adjacent to an activating group) is 1. The van der Waals surface area contributed by atoms with Crippen molar-refractivity contribution in [3.8, 4) is 0 Å². The van der Waals surface area contributed by atoms with E-state index in [1.165, 1.54) is 25.2 Å². The van der Waals surface area contributed by atoms with Gasteiger partial charge in [-0.1, -0.05) is 12.1 Å². The molecule has 0 amide bonds. The van der Waals surface area contributed by atoms with Gasteiger partial charge in [-0.3, -0.25) is 5.41 Å². The highest BCUT2D eigenvalue weighted by Gasteiger charge is 2.24. The van der Waals surface area contributed by atoms with Crippen LogP contribution in [0.1, 0.15) is 0 Å². The molecule has 1 rings (SSSR count). The molecule has 0 radical (unpaired) electrons. The Hall–Kier alpha value is -1.47. The zero-order valence-corrected chi connectivity index (χ0v) is 9.46. The molecule has 1 aromatic carbocycles. The van der Waals surface area contributed by atoms with E-state index < -0.39 is 20.7 Å². The van der Waals surface area contributed by atoms with Crippen molar-refractivity contribution in [3.05, 3.63) is 30.1 Å². The number of halogens is 1. The third-order valence-electron chi connectivity index (χ3n) is 1.92. The van der Waals surface area contributed by atoms with Gasteiger partial charge in [-0.25, -0.2) is 12.8 Å². The number of hydrogen-bond acceptors (Lipinski definition) is 3. The standard InChI is InChI=1S/C9H12FN3O2S/c1-13(6-9(11)12)16(14,15)8-5-3-2-4-7(8)10/h2-5H,6H2,1H3,(H3,11,12). The lowest BCUT2D eigenvalue weighted by atomic mass is 10.4. The highest BCUT2D eigenvalue weighted by molar-refractivity contribution is 7.89. The van der Waals surface area contributed by atoms with E-state index in [1.54, 1.807) is 0 Å². The Morgan fingerprint density at radius 3 is 2.56 bits per heavy atom. The predicted molar refractivity (Wildman–Crippen MR) is 58.1 cm³/mol. The summed E-state index contributed by atoms with van der Waals surface area (Å²) >= 11 is 0. The highest BCUT2D eigenvalue weighted by Crippen LogP contribution is 2.17. The van der Waals surface area contributed by atoms with Crippen molar-refractivity contribution in [2.45, 2.75) is 4.90 Å². The van der Waals surface area contributed by atoms with Crippen molar-refractivity contribution < 1.29 is 12.8 Å². The zero-order valence-electron chi connectivity index (χ0n) is 8.64. The fourth-order valence-corrected chi connectivity index (χ4v) is 2.36. The lowest BCUT2D eigenvalue weighted by molar-refractivity contribution is 0.494. The van der Waals surface area contributed by atoms with Crippen LogP contribution in [0.15, 0.2) is 29.2 Å². The van der Waals surface area contributed by atoms with Gasteiger partial charge in [-0.2, -0.15) is 4.31 Å². The molecular formula is C9H12FN3O2S. The summed E-state index contributed by atoms with van der Waals surface area (Å²) in [5.74, 6) is -1.12. The number of nitrogens with two attached hydrogens (primary N) is 1. The molecule has 3 N–H and O–H groups in total. The van der Waals surface area contributed by atoms with Gasteiger partial charge in [0, 0.05) is 7.05 Å². The van der Waals surface area contributed by atoms with Crippen molar-refractivity contribution >= 4 is 15.9 Å². The molecule has 0 aliphatic rings. The molecule has 1 aromatic rings. The second-order valence-corrected chi connectivity index (χ2v) is 5.23. The summed E-state index contributed by atoms with van der Waals surface area (Å²) < 4.78 is 37.8.